The first-order valence-electron chi connectivity index (χ1n) is 10.7. The van der Waals surface area contributed by atoms with Crippen LogP contribution in [-0.4, -0.2) is 23.9 Å². The largest absolute Gasteiger partial charge is 0.497 e. The summed E-state index contributed by atoms with van der Waals surface area (Å²) < 4.78 is 11.3. The van der Waals surface area contributed by atoms with Crippen LogP contribution in [0.25, 0.3) is 0 Å². The molecule has 3 aromatic rings. The lowest BCUT2D eigenvalue weighted by atomic mass is 9.82. The molecule has 0 saturated carbocycles. The summed E-state index contributed by atoms with van der Waals surface area (Å²) in [5.74, 6) is -2.19. The topological polar surface area (TPSA) is 111 Å². The lowest BCUT2D eigenvalue weighted by molar-refractivity contribution is -0.169. The van der Waals surface area contributed by atoms with Gasteiger partial charge < -0.3 is 25.6 Å². The van der Waals surface area contributed by atoms with E-state index in [1.807, 2.05) is 19.9 Å². The fourth-order valence-electron chi connectivity index (χ4n) is 4.75. The minimum atomic E-state index is -2.15. The SMILES string of the molecule is COc1cccc(C(=O)NC23C(=O)c4c(N)cccc4C2(O)Oc2cc(C(C)C)ccc23)c1. The van der Waals surface area contributed by atoms with E-state index in [4.69, 9.17) is 15.2 Å². The Morgan fingerprint density at radius 1 is 1.09 bits per heavy atom. The minimum Gasteiger partial charge on any atom is -0.497 e. The molecule has 7 heteroatoms. The highest BCUT2D eigenvalue weighted by Crippen LogP contribution is 2.59. The highest BCUT2D eigenvalue weighted by molar-refractivity contribution is 6.16. The zero-order valence-electron chi connectivity index (χ0n) is 18.5. The van der Waals surface area contributed by atoms with E-state index >= 15 is 0 Å². The Bertz CT molecular complexity index is 1320. The molecule has 1 amide bonds. The van der Waals surface area contributed by atoms with Gasteiger partial charge in [-0.3, -0.25) is 9.59 Å². The van der Waals surface area contributed by atoms with Crippen LogP contribution in [0, 0.1) is 0 Å². The Morgan fingerprint density at radius 2 is 1.85 bits per heavy atom. The minimum absolute atomic E-state index is 0.143. The number of hydrogen-bond acceptors (Lipinski definition) is 6. The van der Waals surface area contributed by atoms with Crippen molar-refractivity contribution in [2.75, 3.05) is 12.8 Å². The van der Waals surface area contributed by atoms with Crippen LogP contribution in [0.5, 0.6) is 11.5 Å². The van der Waals surface area contributed by atoms with Gasteiger partial charge in [0.2, 0.25) is 11.3 Å². The molecule has 5 rings (SSSR count). The molecular formula is C26H24N2O5. The third-order valence-electron chi connectivity index (χ3n) is 6.50. The van der Waals surface area contributed by atoms with Crippen molar-refractivity contribution in [1.29, 1.82) is 0 Å². The predicted molar refractivity (Wildman–Crippen MR) is 122 cm³/mol. The third-order valence-corrected chi connectivity index (χ3v) is 6.50. The molecule has 1 aliphatic carbocycles. The smallest absolute Gasteiger partial charge is 0.271 e. The maximum atomic E-state index is 13.9. The van der Waals surface area contributed by atoms with E-state index in [0.717, 1.165) is 5.56 Å². The molecule has 0 bridgehead atoms. The van der Waals surface area contributed by atoms with Gasteiger partial charge in [0.05, 0.1) is 12.7 Å². The fourth-order valence-corrected chi connectivity index (χ4v) is 4.75. The molecule has 2 aliphatic rings. The summed E-state index contributed by atoms with van der Waals surface area (Å²) >= 11 is 0. The first kappa shape index (κ1) is 21.0. The van der Waals surface area contributed by atoms with E-state index in [1.165, 1.54) is 7.11 Å². The highest BCUT2D eigenvalue weighted by atomic mass is 16.6. The highest BCUT2D eigenvalue weighted by Gasteiger charge is 2.72. The summed E-state index contributed by atoms with van der Waals surface area (Å²) in [6, 6.07) is 16.8. The van der Waals surface area contributed by atoms with Crippen LogP contribution < -0.4 is 20.5 Å². The zero-order chi connectivity index (χ0) is 23.5. The quantitative estimate of drug-likeness (QED) is 0.532. The number of nitrogen functional groups attached to an aromatic ring is 1. The van der Waals surface area contributed by atoms with Gasteiger partial charge in [-0.1, -0.05) is 44.2 Å². The van der Waals surface area contributed by atoms with Crippen LogP contribution in [0.15, 0.2) is 60.7 Å². The van der Waals surface area contributed by atoms with Crippen molar-refractivity contribution in [3.05, 3.63) is 88.5 Å². The number of aliphatic hydroxyl groups is 1. The second-order valence-electron chi connectivity index (χ2n) is 8.69. The Hall–Kier alpha value is -3.84. The van der Waals surface area contributed by atoms with Crippen LogP contribution >= 0.6 is 0 Å². The molecule has 0 fully saturated rings. The van der Waals surface area contributed by atoms with E-state index in [0.29, 0.717) is 17.1 Å². The summed E-state index contributed by atoms with van der Waals surface area (Å²) in [6.07, 6.45) is 0. The van der Waals surface area contributed by atoms with Crippen molar-refractivity contribution in [3.63, 3.8) is 0 Å². The second-order valence-corrected chi connectivity index (χ2v) is 8.69. The fraction of sp³-hybridized carbons (Fsp3) is 0.231. The number of hydrogen-bond donors (Lipinski definition) is 3. The third kappa shape index (κ3) is 2.72. The van der Waals surface area contributed by atoms with Crippen LogP contribution in [0.4, 0.5) is 5.69 Å². The molecule has 2 unspecified atom stereocenters. The first-order valence-corrected chi connectivity index (χ1v) is 10.7. The van der Waals surface area contributed by atoms with Crippen molar-refractivity contribution in [3.8, 4) is 11.5 Å². The summed E-state index contributed by atoms with van der Waals surface area (Å²) in [5.41, 5.74) is 6.44. The van der Waals surface area contributed by atoms with Gasteiger partial charge >= 0.3 is 0 Å². The first-order chi connectivity index (χ1) is 15.7. The number of methoxy groups -OCH3 is 1. The summed E-state index contributed by atoms with van der Waals surface area (Å²) in [4.78, 5) is 27.3. The molecule has 3 aromatic carbocycles. The van der Waals surface area contributed by atoms with Crippen molar-refractivity contribution >= 4 is 17.4 Å². The van der Waals surface area contributed by atoms with Gasteiger partial charge in [0.25, 0.3) is 11.7 Å². The van der Waals surface area contributed by atoms with Gasteiger partial charge in [0, 0.05) is 22.4 Å². The number of rotatable bonds is 4. The maximum Gasteiger partial charge on any atom is 0.271 e. The standard InChI is InChI=1S/C26H24N2O5/c1-14(2)15-10-11-18-21(13-15)33-26(31)19-8-5-9-20(27)22(19)23(29)25(18,26)28-24(30)16-6-4-7-17(12-16)32-3/h4-14,31H,27H2,1-3H3,(H,28,30). The van der Waals surface area contributed by atoms with Crippen molar-refractivity contribution in [1.82, 2.24) is 5.32 Å². The lowest BCUT2D eigenvalue weighted by Gasteiger charge is -2.34. The van der Waals surface area contributed by atoms with E-state index in [2.05, 4.69) is 5.32 Å². The summed E-state index contributed by atoms with van der Waals surface area (Å²) in [6.45, 7) is 4.07. The molecule has 33 heavy (non-hydrogen) atoms. The molecule has 168 valence electrons. The lowest BCUT2D eigenvalue weighted by Crippen LogP contribution is -2.60. The number of fused-ring (bicyclic) bond motifs is 5. The number of ether oxygens (including phenoxy) is 2. The summed E-state index contributed by atoms with van der Waals surface area (Å²) in [7, 11) is 1.50. The van der Waals surface area contributed by atoms with Crippen molar-refractivity contribution < 1.29 is 24.2 Å². The molecule has 0 spiro atoms. The van der Waals surface area contributed by atoms with Gasteiger partial charge in [0.1, 0.15) is 11.5 Å². The van der Waals surface area contributed by atoms with Crippen LogP contribution in [0.2, 0.25) is 0 Å². The van der Waals surface area contributed by atoms with Crippen LogP contribution in [-0.2, 0) is 11.3 Å². The molecule has 7 nitrogen and oxygen atoms in total. The monoisotopic (exact) mass is 444 g/mol. The number of carbonyl (C=O) groups excluding carboxylic acids is 2. The van der Waals surface area contributed by atoms with Crippen molar-refractivity contribution in [2.45, 2.75) is 31.1 Å². The molecule has 2 atom stereocenters. The van der Waals surface area contributed by atoms with Crippen LogP contribution in [0.1, 0.15) is 57.2 Å². The van der Waals surface area contributed by atoms with E-state index in [1.54, 1.807) is 54.6 Å². The number of amides is 1. The average Bonchev–Trinajstić information content (AvgIpc) is 3.16. The number of ketones is 1. The number of Topliss-reactive ketones (excluding diaryl/α,β-unsaturated/α-hetero) is 1. The van der Waals surface area contributed by atoms with E-state index < -0.39 is 23.0 Å². The van der Waals surface area contributed by atoms with Crippen LogP contribution in [0.3, 0.4) is 0 Å². The molecular weight excluding hydrogens is 420 g/mol. The number of benzene rings is 3. The second kappa shape index (κ2) is 7.08. The predicted octanol–water partition coefficient (Wildman–Crippen LogP) is 3.46. The summed E-state index contributed by atoms with van der Waals surface area (Å²) in [5, 5.41) is 14.8. The van der Waals surface area contributed by atoms with E-state index in [9.17, 15) is 14.7 Å². The Balaban J connectivity index is 1.71. The van der Waals surface area contributed by atoms with Crippen molar-refractivity contribution in [2.24, 2.45) is 0 Å². The molecule has 1 aliphatic heterocycles. The van der Waals surface area contributed by atoms with Gasteiger partial charge in [-0.15, -0.1) is 0 Å². The molecule has 0 aromatic heterocycles. The normalized spacial score (nSPS) is 22.4. The molecule has 0 saturated heterocycles. The number of carbonyl (C=O) groups is 2. The zero-order valence-corrected chi connectivity index (χ0v) is 18.5. The van der Waals surface area contributed by atoms with E-state index in [-0.39, 0.29) is 28.3 Å². The Labute approximate surface area is 191 Å². The number of nitrogens with two attached hydrogens (primary N) is 1. The molecule has 1 heterocycles. The number of anilines is 1. The molecule has 0 radical (unpaired) electrons. The number of nitrogens with one attached hydrogen (secondary N) is 1. The van der Waals surface area contributed by atoms with Gasteiger partial charge in [0.15, 0.2) is 0 Å². The van der Waals surface area contributed by atoms with Gasteiger partial charge in [-0.05, 0) is 41.8 Å². The Morgan fingerprint density at radius 3 is 2.58 bits per heavy atom. The average molecular weight is 444 g/mol. The molecule has 4 N–H and O–H groups in total. The van der Waals surface area contributed by atoms with Gasteiger partial charge in [-0.2, -0.15) is 0 Å². The maximum absolute atomic E-state index is 13.9. The van der Waals surface area contributed by atoms with Gasteiger partial charge in [-0.25, -0.2) is 0 Å². The Kier molecular flexibility index (Phi) is 4.51.